The van der Waals surface area contributed by atoms with Crippen LogP contribution in [0, 0.1) is 0 Å². The Bertz CT molecular complexity index is 351. The van der Waals surface area contributed by atoms with Crippen molar-refractivity contribution in [1.29, 1.82) is 0 Å². The molecule has 82 valence electrons. The predicted octanol–water partition coefficient (Wildman–Crippen LogP) is 1.29. The highest BCUT2D eigenvalue weighted by molar-refractivity contribution is 6.11. The summed E-state index contributed by atoms with van der Waals surface area (Å²) in [5.41, 5.74) is 2.15. The second-order valence-corrected chi connectivity index (χ2v) is 3.47. The molecule has 4 nitrogen and oxygen atoms in total. The van der Waals surface area contributed by atoms with E-state index in [1.54, 1.807) is 21.3 Å². The molecule has 4 heteroatoms. The van der Waals surface area contributed by atoms with Crippen LogP contribution >= 0.6 is 0 Å². The lowest BCUT2D eigenvalue weighted by molar-refractivity contribution is -0.165. The van der Waals surface area contributed by atoms with Crippen molar-refractivity contribution in [2.75, 3.05) is 27.9 Å². The van der Waals surface area contributed by atoms with Crippen LogP contribution in [0.1, 0.15) is 6.42 Å². The molecule has 0 fully saturated rings. The SMILES string of the molecule is COC1=CC2=NCCC2=CC1(OC)OC. The molecule has 1 heterocycles. The highest BCUT2D eigenvalue weighted by Crippen LogP contribution is 2.33. The van der Waals surface area contributed by atoms with Crippen LogP contribution in [-0.2, 0) is 14.2 Å². The van der Waals surface area contributed by atoms with Crippen molar-refractivity contribution >= 4 is 5.71 Å². The molecule has 0 radical (unpaired) electrons. The molecule has 0 amide bonds. The second kappa shape index (κ2) is 3.79. The number of nitrogens with zero attached hydrogens (tertiary/aromatic N) is 1. The van der Waals surface area contributed by atoms with E-state index in [2.05, 4.69) is 4.99 Å². The number of methoxy groups -OCH3 is 3. The zero-order chi connectivity index (χ0) is 10.9. The Hall–Kier alpha value is -1.13. The Morgan fingerprint density at radius 2 is 2.00 bits per heavy atom. The van der Waals surface area contributed by atoms with Gasteiger partial charge in [0.05, 0.1) is 12.8 Å². The summed E-state index contributed by atoms with van der Waals surface area (Å²) in [5, 5.41) is 0. The van der Waals surface area contributed by atoms with E-state index in [1.807, 2.05) is 12.2 Å². The Kier molecular flexibility index (Phi) is 2.63. The summed E-state index contributed by atoms with van der Waals surface area (Å²) in [6, 6.07) is 0. The standard InChI is InChI=1S/C11H15NO3/c1-13-10-6-9-8(4-5-12-9)7-11(10,14-2)15-3/h6-7H,4-5H2,1-3H3. The van der Waals surface area contributed by atoms with Gasteiger partial charge in [-0.15, -0.1) is 0 Å². The van der Waals surface area contributed by atoms with E-state index in [4.69, 9.17) is 14.2 Å². The maximum Gasteiger partial charge on any atom is 0.248 e. The number of rotatable bonds is 3. The molecular weight excluding hydrogens is 194 g/mol. The van der Waals surface area contributed by atoms with Crippen LogP contribution in [0.3, 0.4) is 0 Å². The lowest BCUT2D eigenvalue weighted by atomic mass is 9.97. The summed E-state index contributed by atoms with van der Waals surface area (Å²) in [4.78, 5) is 4.37. The first-order valence-electron chi connectivity index (χ1n) is 4.89. The van der Waals surface area contributed by atoms with Crippen molar-refractivity contribution in [2.24, 2.45) is 4.99 Å². The molecule has 1 aliphatic carbocycles. The monoisotopic (exact) mass is 209 g/mol. The summed E-state index contributed by atoms with van der Waals surface area (Å²) in [7, 11) is 4.81. The number of hydrogen-bond donors (Lipinski definition) is 0. The zero-order valence-corrected chi connectivity index (χ0v) is 9.24. The molecule has 1 aliphatic heterocycles. The van der Waals surface area contributed by atoms with Crippen molar-refractivity contribution < 1.29 is 14.2 Å². The normalized spacial score (nSPS) is 22.7. The quantitative estimate of drug-likeness (QED) is 0.657. The van der Waals surface area contributed by atoms with Crippen molar-refractivity contribution in [3.8, 4) is 0 Å². The van der Waals surface area contributed by atoms with Gasteiger partial charge in [0.15, 0.2) is 5.76 Å². The molecule has 0 bridgehead atoms. The second-order valence-electron chi connectivity index (χ2n) is 3.47. The lowest BCUT2D eigenvalue weighted by Crippen LogP contribution is -2.37. The summed E-state index contributed by atoms with van der Waals surface area (Å²) >= 11 is 0. The maximum atomic E-state index is 5.39. The van der Waals surface area contributed by atoms with Gasteiger partial charge < -0.3 is 14.2 Å². The van der Waals surface area contributed by atoms with E-state index in [9.17, 15) is 0 Å². The number of aliphatic imine (C=N–C) groups is 1. The Labute approximate surface area is 89.2 Å². The summed E-state index contributed by atoms with van der Waals surface area (Å²) in [6.45, 7) is 0.832. The van der Waals surface area contributed by atoms with Crippen LogP contribution in [0.4, 0.5) is 0 Å². The number of ether oxygens (including phenoxy) is 3. The topological polar surface area (TPSA) is 40.0 Å². The number of fused-ring (bicyclic) bond motifs is 1. The van der Waals surface area contributed by atoms with E-state index in [1.165, 1.54) is 5.57 Å². The van der Waals surface area contributed by atoms with E-state index in [0.29, 0.717) is 5.76 Å². The third-order valence-electron chi connectivity index (χ3n) is 2.79. The molecule has 0 aromatic rings. The fraction of sp³-hybridized carbons (Fsp3) is 0.545. The molecule has 0 aromatic carbocycles. The van der Waals surface area contributed by atoms with Crippen molar-refractivity contribution in [1.82, 2.24) is 0 Å². The predicted molar refractivity (Wildman–Crippen MR) is 56.8 cm³/mol. The minimum absolute atomic E-state index is 0.636. The molecule has 0 atom stereocenters. The van der Waals surface area contributed by atoms with E-state index >= 15 is 0 Å². The van der Waals surface area contributed by atoms with Crippen molar-refractivity contribution in [2.45, 2.75) is 12.2 Å². The number of allylic oxidation sites excluding steroid dienone is 1. The van der Waals surface area contributed by atoms with Crippen molar-refractivity contribution in [3.63, 3.8) is 0 Å². The number of hydrogen-bond acceptors (Lipinski definition) is 4. The highest BCUT2D eigenvalue weighted by Gasteiger charge is 2.39. The molecule has 2 rings (SSSR count). The summed E-state index contributed by atoms with van der Waals surface area (Å²) < 4.78 is 16.1. The first-order valence-corrected chi connectivity index (χ1v) is 4.89. The molecule has 0 N–H and O–H groups in total. The molecule has 15 heavy (non-hydrogen) atoms. The largest absolute Gasteiger partial charge is 0.495 e. The Morgan fingerprint density at radius 3 is 2.60 bits per heavy atom. The van der Waals surface area contributed by atoms with Gasteiger partial charge >= 0.3 is 0 Å². The zero-order valence-electron chi connectivity index (χ0n) is 9.24. The van der Waals surface area contributed by atoms with E-state index in [0.717, 1.165) is 18.7 Å². The molecule has 0 saturated carbocycles. The van der Waals surface area contributed by atoms with Gasteiger partial charge in [-0.25, -0.2) is 0 Å². The van der Waals surface area contributed by atoms with Crippen molar-refractivity contribution in [3.05, 3.63) is 23.5 Å². The lowest BCUT2D eigenvalue weighted by Gasteiger charge is -2.32. The molecule has 2 aliphatic rings. The van der Waals surface area contributed by atoms with E-state index in [-0.39, 0.29) is 0 Å². The summed E-state index contributed by atoms with van der Waals surface area (Å²) in [5.74, 6) is -0.245. The first kappa shape index (κ1) is 10.4. The van der Waals surface area contributed by atoms with Gasteiger partial charge in [-0.2, -0.15) is 0 Å². The van der Waals surface area contributed by atoms with Crippen LogP contribution in [-0.4, -0.2) is 39.4 Å². The molecule has 0 spiro atoms. The fourth-order valence-corrected chi connectivity index (χ4v) is 1.94. The van der Waals surface area contributed by atoms with Gasteiger partial charge in [-0.1, -0.05) is 0 Å². The summed E-state index contributed by atoms with van der Waals surface area (Å²) in [6.07, 6.45) is 4.77. The van der Waals surface area contributed by atoms with Gasteiger partial charge in [0.25, 0.3) is 0 Å². The van der Waals surface area contributed by atoms with Crippen LogP contribution < -0.4 is 0 Å². The van der Waals surface area contributed by atoms with Crippen LogP contribution in [0.15, 0.2) is 28.5 Å². The van der Waals surface area contributed by atoms with Crippen LogP contribution in [0.25, 0.3) is 0 Å². The smallest absolute Gasteiger partial charge is 0.248 e. The van der Waals surface area contributed by atoms with Gasteiger partial charge in [-0.3, -0.25) is 4.99 Å². The fourth-order valence-electron chi connectivity index (χ4n) is 1.94. The Balaban J connectivity index is 2.43. The maximum absolute atomic E-state index is 5.39. The average Bonchev–Trinajstić information content (AvgIpc) is 2.73. The Morgan fingerprint density at radius 1 is 1.27 bits per heavy atom. The van der Waals surface area contributed by atoms with Crippen LogP contribution in [0.2, 0.25) is 0 Å². The minimum Gasteiger partial charge on any atom is -0.495 e. The third-order valence-corrected chi connectivity index (χ3v) is 2.79. The van der Waals surface area contributed by atoms with Gasteiger partial charge in [0.1, 0.15) is 0 Å². The van der Waals surface area contributed by atoms with Crippen LogP contribution in [0.5, 0.6) is 0 Å². The van der Waals surface area contributed by atoms with E-state index < -0.39 is 5.79 Å². The molecule has 0 aromatic heterocycles. The first-order chi connectivity index (χ1) is 7.25. The van der Waals surface area contributed by atoms with Gasteiger partial charge in [0.2, 0.25) is 5.79 Å². The molecular formula is C11H15NO3. The van der Waals surface area contributed by atoms with Gasteiger partial charge in [-0.05, 0) is 18.1 Å². The molecule has 0 unspecified atom stereocenters. The highest BCUT2D eigenvalue weighted by atomic mass is 16.7. The third kappa shape index (κ3) is 1.50. The van der Waals surface area contributed by atoms with Gasteiger partial charge in [0, 0.05) is 26.8 Å². The minimum atomic E-state index is -0.882. The average molecular weight is 209 g/mol. The molecule has 0 saturated heterocycles.